The molecule has 1 aliphatic rings. The second-order valence-corrected chi connectivity index (χ2v) is 10.0. The number of benzene rings is 1. The highest BCUT2D eigenvalue weighted by Gasteiger charge is 2.32. The number of hydrogen-bond donors (Lipinski definition) is 1. The number of piperidine rings is 1. The van der Waals surface area contributed by atoms with E-state index >= 15 is 0 Å². The molecule has 2 aromatic rings. The van der Waals surface area contributed by atoms with Gasteiger partial charge in [-0.05, 0) is 25.0 Å². The van der Waals surface area contributed by atoms with Gasteiger partial charge in [-0.25, -0.2) is 0 Å². The van der Waals surface area contributed by atoms with Crippen LogP contribution in [0.25, 0.3) is 0 Å². The Balaban J connectivity index is 1.47. The molecular formula is C20H26N4O2S2. The number of thioether (sulfide) groups is 1. The standard InChI is InChI=1S/C20H26N4O2S2/c1-20(2,3)18(26)24-11-9-14(10-12-24)17(25)21-19-23-22-16(28-19)13-27-15-7-5-4-6-8-15/h4-8,14H,9-13H2,1-3H3,(H,21,23,25). The first-order valence-corrected chi connectivity index (χ1v) is 11.2. The van der Waals surface area contributed by atoms with Crippen molar-refractivity contribution < 1.29 is 9.59 Å². The quantitative estimate of drug-likeness (QED) is 0.741. The van der Waals surface area contributed by atoms with Crippen LogP contribution in [-0.4, -0.2) is 40.0 Å². The maximum Gasteiger partial charge on any atom is 0.229 e. The number of rotatable bonds is 5. The third-order valence-corrected chi connectivity index (χ3v) is 6.64. The van der Waals surface area contributed by atoms with Gasteiger partial charge in [0.25, 0.3) is 0 Å². The number of likely N-dealkylation sites (tertiary alicyclic amines) is 1. The number of carbonyl (C=O) groups is 2. The van der Waals surface area contributed by atoms with E-state index in [1.54, 1.807) is 11.8 Å². The van der Waals surface area contributed by atoms with Gasteiger partial charge < -0.3 is 10.2 Å². The van der Waals surface area contributed by atoms with Gasteiger partial charge in [-0.1, -0.05) is 50.3 Å². The van der Waals surface area contributed by atoms with Gasteiger partial charge in [0.1, 0.15) is 5.01 Å². The molecule has 2 amide bonds. The molecule has 2 heterocycles. The predicted octanol–water partition coefficient (Wildman–Crippen LogP) is 4.05. The Hall–Kier alpha value is -1.93. The van der Waals surface area contributed by atoms with Crippen LogP contribution in [0.5, 0.6) is 0 Å². The van der Waals surface area contributed by atoms with Crippen LogP contribution in [-0.2, 0) is 15.3 Å². The normalized spacial score (nSPS) is 15.5. The van der Waals surface area contributed by atoms with Crippen LogP contribution in [0.2, 0.25) is 0 Å². The lowest BCUT2D eigenvalue weighted by atomic mass is 9.91. The molecule has 8 heteroatoms. The van der Waals surface area contributed by atoms with Crippen LogP contribution in [0.3, 0.4) is 0 Å². The smallest absolute Gasteiger partial charge is 0.229 e. The van der Waals surface area contributed by atoms with Gasteiger partial charge in [-0.15, -0.1) is 22.0 Å². The zero-order valence-electron chi connectivity index (χ0n) is 16.5. The molecule has 1 fully saturated rings. The number of nitrogens with zero attached hydrogens (tertiary/aromatic N) is 3. The van der Waals surface area contributed by atoms with E-state index in [1.165, 1.54) is 16.2 Å². The topological polar surface area (TPSA) is 75.2 Å². The maximum absolute atomic E-state index is 12.5. The van der Waals surface area contributed by atoms with E-state index in [-0.39, 0.29) is 23.1 Å². The summed E-state index contributed by atoms with van der Waals surface area (Å²) in [6.45, 7) is 7.04. The van der Waals surface area contributed by atoms with Crippen LogP contribution in [0, 0.1) is 11.3 Å². The molecule has 1 aromatic carbocycles. The fourth-order valence-electron chi connectivity index (χ4n) is 3.05. The van der Waals surface area contributed by atoms with E-state index in [1.807, 2.05) is 43.9 Å². The molecule has 1 aromatic heterocycles. The minimum atomic E-state index is -0.379. The van der Waals surface area contributed by atoms with Crippen LogP contribution >= 0.6 is 23.1 Å². The van der Waals surface area contributed by atoms with Crippen molar-refractivity contribution in [3.63, 3.8) is 0 Å². The van der Waals surface area contributed by atoms with Gasteiger partial charge >= 0.3 is 0 Å². The number of carbonyl (C=O) groups excluding carboxylic acids is 2. The number of anilines is 1. The average Bonchev–Trinajstić information content (AvgIpc) is 3.13. The van der Waals surface area contributed by atoms with E-state index in [2.05, 4.69) is 27.6 Å². The number of amides is 2. The first-order chi connectivity index (χ1) is 13.3. The molecule has 150 valence electrons. The van der Waals surface area contributed by atoms with Gasteiger partial charge in [0.15, 0.2) is 0 Å². The Labute approximate surface area is 174 Å². The number of hydrogen-bond acceptors (Lipinski definition) is 6. The highest BCUT2D eigenvalue weighted by molar-refractivity contribution is 7.98. The van der Waals surface area contributed by atoms with Crippen molar-refractivity contribution in [1.29, 1.82) is 0 Å². The molecule has 0 radical (unpaired) electrons. The molecule has 1 aliphatic heterocycles. The number of aromatic nitrogens is 2. The second kappa shape index (κ2) is 9.05. The minimum absolute atomic E-state index is 0.0266. The summed E-state index contributed by atoms with van der Waals surface area (Å²) < 4.78 is 0. The Morgan fingerprint density at radius 2 is 1.86 bits per heavy atom. The summed E-state index contributed by atoms with van der Waals surface area (Å²) in [5.41, 5.74) is -0.379. The Bertz CT molecular complexity index is 809. The van der Waals surface area contributed by atoms with Crippen molar-refractivity contribution in [3.8, 4) is 0 Å². The maximum atomic E-state index is 12.5. The molecular weight excluding hydrogens is 392 g/mol. The minimum Gasteiger partial charge on any atom is -0.342 e. The van der Waals surface area contributed by atoms with Crippen molar-refractivity contribution in [2.75, 3.05) is 18.4 Å². The SMILES string of the molecule is CC(C)(C)C(=O)N1CCC(C(=O)Nc2nnc(CSc3ccccc3)s2)CC1. The molecule has 0 saturated carbocycles. The molecule has 28 heavy (non-hydrogen) atoms. The van der Waals surface area contributed by atoms with Gasteiger partial charge in [0.05, 0.1) is 5.75 Å². The van der Waals surface area contributed by atoms with E-state index in [9.17, 15) is 9.59 Å². The van der Waals surface area contributed by atoms with E-state index in [4.69, 9.17) is 0 Å². The van der Waals surface area contributed by atoms with Crippen molar-refractivity contribution in [2.24, 2.45) is 11.3 Å². The fourth-order valence-corrected chi connectivity index (χ4v) is 4.70. The molecule has 0 spiro atoms. The molecule has 3 rings (SSSR count). The molecule has 1 N–H and O–H groups in total. The average molecular weight is 419 g/mol. The molecule has 0 atom stereocenters. The molecule has 0 unspecified atom stereocenters. The summed E-state index contributed by atoms with van der Waals surface area (Å²) in [7, 11) is 0. The summed E-state index contributed by atoms with van der Waals surface area (Å²) in [4.78, 5) is 28.0. The summed E-state index contributed by atoms with van der Waals surface area (Å²) in [5, 5.41) is 12.6. The highest BCUT2D eigenvalue weighted by Crippen LogP contribution is 2.27. The van der Waals surface area contributed by atoms with Crippen molar-refractivity contribution in [2.45, 2.75) is 44.3 Å². The second-order valence-electron chi connectivity index (χ2n) is 7.91. The van der Waals surface area contributed by atoms with Crippen molar-refractivity contribution >= 4 is 40.0 Å². The van der Waals surface area contributed by atoms with E-state index in [0.717, 1.165) is 10.8 Å². The Morgan fingerprint density at radius 3 is 2.50 bits per heavy atom. The lowest BCUT2D eigenvalue weighted by Gasteiger charge is -2.35. The van der Waals surface area contributed by atoms with Gasteiger partial charge in [-0.3, -0.25) is 9.59 Å². The Kier molecular flexibility index (Phi) is 6.72. The summed E-state index contributed by atoms with van der Waals surface area (Å²) in [6.07, 6.45) is 1.37. The van der Waals surface area contributed by atoms with Crippen molar-refractivity contribution in [1.82, 2.24) is 15.1 Å². The first-order valence-electron chi connectivity index (χ1n) is 9.43. The van der Waals surface area contributed by atoms with Crippen molar-refractivity contribution in [3.05, 3.63) is 35.3 Å². The van der Waals surface area contributed by atoms with Crippen LogP contribution in [0.4, 0.5) is 5.13 Å². The summed E-state index contributed by atoms with van der Waals surface area (Å²) in [6, 6.07) is 10.1. The molecule has 0 bridgehead atoms. The highest BCUT2D eigenvalue weighted by atomic mass is 32.2. The van der Waals surface area contributed by atoms with Gasteiger partial charge in [0, 0.05) is 29.3 Å². The molecule has 6 nitrogen and oxygen atoms in total. The monoisotopic (exact) mass is 418 g/mol. The third kappa shape index (κ3) is 5.54. The predicted molar refractivity (Wildman–Crippen MR) is 113 cm³/mol. The van der Waals surface area contributed by atoms with Gasteiger partial charge in [-0.2, -0.15) is 0 Å². The molecule has 1 saturated heterocycles. The largest absolute Gasteiger partial charge is 0.342 e. The van der Waals surface area contributed by atoms with E-state index in [0.29, 0.717) is 31.1 Å². The fraction of sp³-hybridized carbons (Fsp3) is 0.500. The number of nitrogens with one attached hydrogen (secondary N) is 1. The van der Waals surface area contributed by atoms with Crippen LogP contribution in [0.15, 0.2) is 35.2 Å². The summed E-state index contributed by atoms with van der Waals surface area (Å²) in [5.74, 6) is 0.762. The lowest BCUT2D eigenvalue weighted by Crippen LogP contribution is -2.45. The van der Waals surface area contributed by atoms with Crippen LogP contribution < -0.4 is 5.32 Å². The molecule has 0 aliphatic carbocycles. The van der Waals surface area contributed by atoms with Gasteiger partial charge in [0.2, 0.25) is 16.9 Å². The third-order valence-electron chi connectivity index (χ3n) is 4.60. The lowest BCUT2D eigenvalue weighted by molar-refractivity contribution is -0.142. The zero-order chi connectivity index (χ0) is 20.1. The first kappa shape index (κ1) is 20.8. The van der Waals surface area contributed by atoms with Crippen LogP contribution in [0.1, 0.15) is 38.6 Å². The Morgan fingerprint density at radius 1 is 1.18 bits per heavy atom. The zero-order valence-corrected chi connectivity index (χ0v) is 18.1. The summed E-state index contributed by atoms with van der Waals surface area (Å²) >= 11 is 3.11. The van der Waals surface area contributed by atoms with E-state index < -0.39 is 0 Å².